The maximum atomic E-state index is 13.0. The quantitative estimate of drug-likeness (QED) is 0.766. The second-order valence-electron chi connectivity index (χ2n) is 7.49. The van der Waals surface area contributed by atoms with Crippen molar-refractivity contribution in [3.05, 3.63) is 47.0 Å². The molecule has 6 nitrogen and oxygen atoms in total. The third kappa shape index (κ3) is 5.07. The lowest BCUT2D eigenvalue weighted by Crippen LogP contribution is -2.48. The van der Waals surface area contributed by atoms with Crippen molar-refractivity contribution in [1.82, 2.24) is 4.90 Å². The number of phenols is 1. The Morgan fingerprint density at radius 2 is 1.79 bits per heavy atom. The fourth-order valence-electron chi connectivity index (χ4n) is 3.25. The molecule has 1 amide bonds. The van der Waals surface area contributed by atoms with Crippen LogP contribution in [0.25, 0.3) is 0 Å². The minimum absolute atomic E-state index is 0.0778. The number of carbonyl (C=O) groups excluding carboxylic acids is 1. The minimum Gasteiger partial charge on any atom is -0.508 e. The highest BCUT2D eigenvalue weighted by Gasteiger charge is 2.24. The van der Waals surface area contributed by atoms with Crippen LogP contribution < -0.4 is 14.4 Å². The molecule has 0 aromatic heterocycles. The number of phenolic OH excluding ortho intramolecular Hbond substituents is 1. The first-order valence-corrected chi connectivity index (χ1v) is 10.1. The SMILES string of the molecule is COc1cc(C(=O)N2CCN(c3ccc(O)cc3)CC2)cc(Cl)c1OCC(C)C. The molecule has 1 N–H and O–H groups in total. The molecule has 0 spiro atoms. The monoisotopic (exact) mass is 418 g/mol. The zero-order valence-corrected chi connectivity index (χ0v) is 17.8. The predicted molar refractivity (Wildman–Crippen MR) is 115 cm³/mol. The molecule has 1 fully saturated rings. The van der Waals surface area contributed by atoms with Crippen LogP contribution in [0.3, 0.4) is 0 Å². The van der Waals surface area contributed by atoms with Gasteiger partial charge in [0.2, 0.25) is 0 Å². The number of carbonyl (C=O) groups is 1. The van der Waals surface area contributed by atoms with Crippen molar-refractivity contribution in [2.24, 2.45) is 5.92 Å². The topological polar surface area (TPSA) is 62.2 Å². The highest BCUT2D eigenvalue weighted by Crippen LogP contribution is 2.37. The van der Waals surface area contributed by atoms with Gasteiger partial charge in [0.1, 0.15) is 5.75 Å². The van der Waals surface area contributed by atoms with Gasteiger partial charge in [-0.3, -0.25) is 4.79 Å². The molecule has 0 atom stereocenters. The molecule has 1 heterocycles. The van der Waals surface area contributed by atoms with Crippen LogP contribution in [-0.2, 0) is 0 Å². The lowest BCUT2D eigenvalue weighted by molar-refractivity contribution is 0.0746. The van der Waals surface area contributed by atoms with E-state index in [1.807, 2.05) is 17.0 Å². The largest absolute Gasteiger partial charge is 0.508 e. The molecule has 2 aromatic rings. The molecule has 1 aliphatic heterocycles. The summed E-state index contributed by atoms with van der Waals surface area (Å²) in [4.78, 5) is 17.0. The number of hydrogen-bond donors (Lipinski definition) is 1. The van der Waals surface area contributed by atoms with Crippen molar-refractivity contribution >= 4 is 23.2 Å². The van der Waals surface area contributed by atoms with E-state index in [0.29, 0.717) is 47.7 Å². The Hall–Kier alpha value is -2.60. The van der Waals surface area contributed by atoms with Gasteiger partial charge in [0, 0.05) is 37.4 Å². The average Bonchev–Trinajstić information content (AvgIpc) is 2.72. The van der Waals surface area contributed by atoms with Gasteiger partial charge in [0.25, 0.3) is 5.91 Å². The van der Waals surface area contributed by atoms with Crippen molar-refractivity contribution in [1.29, 1.82) is 0 Å². The molecule has 0 aliphatic carbocycles. The Labute approximate surface area is 176 Å². The van der Waals surface area contributed by atoms with Crippen molar-refractivity contribution in [3.63, 3.8) is 0 Å². The highest BCUT2D eigenvalue weighted by molar-refractivity contribution is 6.32. The number of hydrogen-bond acceptors (Lipinski definition) is 5. The smallest absolute Gasteiger partial charge is 0.254 e. The molecular weight excluding hydrogens is 392 g/mol. The van der Waals surface area contributed by atoms with E-state index >= 15 is 0 Å². The van der Waals surface area contributed by atoms with Gasteiger partial charge >= 0.3 is 0 Å². The van der Waals surface area contributed by atoms with E-state index in [2.05, 4.69) is 18.7 Å². The first-order valence-electron chi connectivity index (χ1n) is 9.72. The first-order chi connectivity index (χ1) is 13.9. The highest BCUT2D eigenvalue weighted by atomic mass is 35.5. The Morgan fingerprint density at radius 3 is 2.38 bits per heavy atom. The fraction of sp³-hybridized carbons (Fsp3) is 0.409. The molecule has 0 radical (unpaired) electrons. The number of benzene rings is 2. The van der Waals surface area contributed by atoms with Gasteiger partial charge in [0.05, 0.1) is 18.7 Å². The Morgan fingerprint density at radius 1 is 1.14 bits per heavy atom. The van der Waals surface area contributed by atoms with Crippen LogP contribution in [0.1, 0.15) is 24.2 Å². The lowest BCUT2D eigenvalue weighted by Gasteiger charge is -2.36. The second kappa shape index (κ2) is 9.27. The van der Waals surface area contributed by atoms with E-state index in [1.54, 1.807) is 31.4 Å². The number of amides is 1. The molecule has 29 heavy (non-hydrogen) atoms. The maximum absolute atomic E-state index is 13.0. The average molecular weight is 419 g/mol. The van der Waals surface area contributed by atoms with E-state index in [1.165, 1.54) is 0 Å². The van der Waals surface area contributed by atoms with Gasteiger partial charge in [-0.05, 0) is 42.3 Å². The summed E-state index contributed by atoms with van der Waals surface area (Å²) in [6.45, 7) is 7.26. The number of ether oxygens (including phenoxy) is 2. The van der Waals surface area contributed by atoms with Crippen molar-refractivity contribution < 1.29 is 19.4 Å². The Bertz CT molecular complexity index is 847. The third-order valence-electron chi connectivity index (χ3n) is 4.82. The third-order valence-corrected chi connectivity index (χ3v) is 5.10. The standard InChI is InChI=1S/C22H27ClN2O4/c1-15(2)14-29-21-19(23)12-16(13-20(21)28-3)22(27)25-10-8-24(9-11-25)17-4-6-18(26)7-5-17/h4-7,12-13,15,26H,8-11,14H2,1-3H3. The van der Waals surface area contributed by atoms with E-state index < -0.39 is 0 Å². The van der Waals surface area contributed by atoms with Gasteiger partial charge in [-0.25, -0.2) is 0 Å². The number of rotatable bonds is 6. The first kappa shape index (κ1) is 21.1. The van der Waals surface area contributed by atoms with E-state index in [4.69, 9.17) is 21.1 Å². The summed E-state index contributed by atoms with van der Waals surface area (Å²) in [6, 6.07) is 10.4. The van der Waals surface area contributed by atoms with Gasteiger partial charge in [-0.2, -0.15) is 0 Å². The Kier molecular flexibility index (Phi) is 6.75. The summed E-state index contributed by atoms with van der Waals surface area (Å²) in [5.74, 6) is 1.45. The van der Waals surface area contributed by atoms with Gasteiger partial charge in [-0.15, -0.1) is 0 Å². The van der Waals surface area contributed by atoms with Crippen LogP contribution in [0.15, 0.2) is 36.4 Å². The van der Waals surface area contributed by atoms with Crippen LogP contribution in [0, 0.1) is 5.92 Å². The second-order valence-corrected chi connectivity index (χ2v) is 7.90. The van der Waals surface area contributed by atoms with E-state index in [0.717, 1.165) is 18.8 Å². The molecule has 3 rings (SSSR count). The summed E-state index contributed by atoms with van der Waals surface area (Å²) < 4.78 is 11.2. The zero-order valence-electron chi connectivity index (χ0n) is 17.0. The molecule has 0 unspecified atom stereocenters. The van der Waals surface area contributed by atoms with E-state index in [-0.39, 0.29) is 11.7 Å². The minimum atomic E-state index is -0.0778. The predicted octanol–water partition coefficient (Wildman–Crippen LogP) is 4.05. The number of anilines is 1. The zero-order chi connectivity index (χ0) is 21.0. The van der Waals surface area contributed by atoms with Crippen molar-refractivity contribution in [3.8, 4) is 17.2 Å². The van der Waals surface area contributed by atoms with Crippen LogP contribution >= 0.6 is 11.6 Å². The van der Waals surface area contributed by atoms with Crippen LogP contribution in [-0.4, -0.2) is 55.8 Å². The summed E-state index contributed by atoms with van der Waals surface area (Å²) >= 11 is 6.39. The molecule has 7 heteroatoms. The summed E-state index contributed by atoms with van der Waals surface area (Å²) in [5.41, 5.74) is 1.52. The van der Waals surface area contributed by atoms with Gasteiger partial charge in [0.15, 0.2) is 11.5 Å². The summed E-state index contributed by atoms with van der Waals surface area (Å²) in [7, 11) is 1.54. The molecular formula is C22H27ClN2O4. The summed E-state index contributed by atoms with van der Waals surface area (Å²) in [5, 5.41) is 9.81. The number of halogens is 1. The van der Waals surface area contributed by atoms with Crippen LogP contribution in [0.5, 0.6) is 17.2 Å². The van der Waals surface area contributed by atoms with Gasteiger partial charge in [-0.1, -0.05) is 25.4 Å². The number of piperazine rings is 1. The summed E-state index contributed by atoms with van der Waals surface area (Å²) in [6.07, 6.45) is 0. The van der Waals surface area contributed by atoms with Crippen molar-refractivity contribution in [2.75, 3.05) is 44.8 Å². The van der Waals surface area contributed by atoms with Gasteiger partial charge < -0.3 is 24.4 Å². The normalized spacial score (nSPS) is 14.2. The van der Waals surface area contributed by atoms with E-state index in [9.17, 15) is 9.90 Å². The van der Waals surface area contributed by atoms with Crippen LogP contribution in [0.2, 0.25) is 5.02 Å². The fourth-order valence-corrected chi connectivity index (χ4v) is 3.51. The maximum Gasteiger partial charge on any atom is 0.254 e. The molecule has 2 aromatic carbocycles. The molecule has 156 valence electrons. The molecule has 1 aliphatic rings. The molecule has 1 saturated heterocycles. The number of nitrogens with zero attached hydrogens (tertiary/aromatic N) is 2. The molecule has 0 bridgehead atoms. The number of methoxy groups -OCH3 is 1. The lowest BCUT2D eigenvalue weighted by atomic mass is 10.1. The number of aromatic hydroxyl groups is 1. The molecule has 0 saturated carbocycles. The Balaban J connectivity index is 1.69. The van der Waals surface area contributed by atoms with Crippen LogP contribution in [0.4, 0.5) is 5.69 Å². The van der Waals surface area contributed by atoms with Crippen molar-refractivity contribution in [2.45, 2.75) is 13.8 Å².